The largest absolute Gasteiger partial charge is 0.289 e. The van der Waals surface area contributed by atoms with Gasteiger partial charge in [-0.25, -0.2) is 4.67 Å². The van der Waals surface area contributed by atoms with Gasteiger partial charge in [-0.05, 0) is 32.0 Å². The Labute approximate surface area is 140 Å². The van der Waals surface area contributed by atoms with Crippen LogP contribution in [0.25, 0.3) is 0 Å². The molecule has 0 rings (SSSR count). The van der Waals surface area contributed by atoms with Gasteiger partial charge in [0.1, 0.15) is 16.5 Å². The fourth-order valence-corrected chi connectivity index (χ4v) is 25.5. The molecule has 0 radical (unpaired) electrons. The first-order valence-electron chi connectivity index (χ1n) is 7.99. The van der Waals surface area contributed by atoms with Gasteiger partial charge in [-0.15, -0.1) is 0 Å². The minimum Gasteiger partial charge on any atom is -0.289 e. The average Bonchev–Trinajstić information content (AvgIpc) is 2.09. The lowest BCUT2D eigenvalue weighted by molar-refractivity contribution is 0.482. The molecule has 0 aromatic rings. The van der Waals surface area contributed by atoms with Gasteiger partial charge in [0, 0.05) is 13.1 Å². The molecule has 0 aromatic carbocycles. The Balaban J connectivity index is 6.43. The lowest BCUT2D eigenvalue weighted by Gasteiger charge is -2.52. The van der Waals surface area contributed by atoms with Crippen LogP contribution in [0.2, 0.25) is 39.3 Å². The molecule has 0 bridgehead atoms. The molecule has 0 saturated carbocycles. The van der Waals surface area contributed by atoms with Crippen LogP contribution in [0, 0.1) is 0 Å². The zero-order valence-corrected chi connectivity index (χ0v) is 19.7. The SMILES string of the molecule is CCN(CC)P(Cl)(=NC(C)(C)C)N([Si](C)(C)C)[Si](C)(C)C. The van der Waals surface area contributed by atoms with Gasteiger partial charge in [0.25, 0.3) is 0 Å². The van der Waals surface area contributed by atoms with Crippen molar-refractivity contribution >= 4 is 34.4 Å². The van der Waals surface area contributed by atoms with Crippen molar-refractivity contribution in [3.05, 3.63) is 0 Å². The van der Waals surface area contributed by atoms with Crippen LogP contribution in [-0.4, -0.2) is 43.8 Å². The third kappa shape index (κ3) is 6.11. The van der Waals surface area contributed by atoms with Crippen LogP contribution in [0.15, 0.2) is 4.74 Å². The lowest BCUT2D eigenvalue weighted by Crippen LogP contribution is -2.58. The molecule has 0 aliphatic heterocycles. The molecule has 0 aliphatic rings. The Morgan fingerprint density at radius 3 is 1.43 bits per heavy atom. The highest BCUT2D eigenvalue weighted by Gasteiger charge is 2.46. The van der Waals surface area contributed by atoms with Gasteiger partial charge in [0.05, 0.1) is 5.54 Å². The maximum Gasteiger partial charge on any atom is 0.174 e. The van der Waals surface area contributed by atoms with Crippen molar-refractivity contribution in [1.29, 1.82) is 0 Å². The summed E-state index contributed by atoms with van der Waals surface area (Å²) in [6, 6.07) is 0. The Morgan fingerprint density at radius 2 is 1.24 bits per heavy atom. The molecule has 0 amide bonds. The molecule has 1 unspecified atom stereocenters. The Hall–Kier alpha value is 0.874. The Morgan fingerprint density at radius 1 is 0.905 bits per heavy atom. The van der Waals surface area contributed by atoms with E-state index in [0.717, 1.165) is 13.1 Å². The normalized spacial score (nSPS) is 17.2. The third-order valence-electron chi connectivity index (χ3n) is 3.04. The summed E-state index contributed by atoms with van der Waals surface area (Å²) in [6.45, 7) is 25.1. The quantitative estimate of drug-likeness (QED) is 0.405. The van der Waals surface area contributed by atoms with E-state index in [0.29, 0.717) is 0 Å². The molecular formula is C14H37ClN3PSi2. The van der Waals surface area contributed by atoms with Gasteiger partial charge in [0.15, 0.2) is 6.71 Å². The van der Waals surface area contributed by atoms with E-state index in [1.165, 1.54) is 0 Å². The summed E-state index contributed by atoms with van der Waals surface area (Å²) < 4.78 is 10.3. The highest BCUT2D eigenvalue weighted by Crippen LogP contribution is 2.66. The van der Waals surface area contributed by atoms with E-state index in [4.69, 9.17) is 16.0 Å². The van der Waals surface area contributed by atoms with Gasteiger partial charge in [-0.1, -0.05) is 53.1 Å². The smallest absolute Gasteiger partial charge is 0.174 e. The van der Waals surface area contributed by atoms with E-state index in [9.17, 15) is 0 Å². The van der Waals surface area contributed by atoms with Gasteiger partial charge in [-0.3, -0.25) is 8.75 Å². The summed E-state index contributed by atoms with van der Waals surface area (Å²) in [4.78, 5) is 0. The highest BCUT2D eigenvalue weighted by atomic mass is 35.7. The zero-order chi connectivity index (χ0) is 17.3. The molecule has 0 fully saturated rings. The van der Waals surface area contributed by atoms with Crippen molar-refractivity contribution in [3.8, 4) is 0 Å². The molecule has 0 heterocycles. The number of nitrogens with zero attached hydrogens (tertiary/aromatic N) is 3. The lowest BCUT2D eigenvalue weighted by atomic mass is 10.1. The summed E-state index contributed by atoms with van der Waals surface area (Å²) in [6.07, 6.45) is 0. The summed E-state index contributed by atoms with van der Waals surface area (Å²) in [7, 11) is -3.15. The summed E-state index contributed by atoms with van der Waals surface area (Å²) in [5.41, 5.74) is -0.115. The van der Waals surface area contributed by atoms with Crippen LogP contribution in [0.3, 0.4) is 0 Å². The molecule has 0 aromatic heterocycles. The fourth-order valence-electron chi connectivity index (χ4n) is 2.97. The van der Waals surface area contributed by atoms with E-state index in [1.807, 2.05) is 0 Å². The van der Waals surface area contributed by atoms with Crippen LogP contribution >= 0.6 is 17.9 Å². The first kappa shape index (κ1) is 21.9. The highest BCUT2D eigenvalue weighted by molar-refractivity contribution is 7.89. The van der Waals surface area contributed by atoms with Gasteiger partial charge >= 0.3 is 0 Å². The maximum atomic E-state index is 7.39. The first-order valence-corrected chi connectivity index (χ1v) is 17.4. The van der Waals surface area contributed by atoms with Gasteiger partial charge < -0.3 is 0 Å². The maximum absolute atomic E-state index is 7.39. The predicted octanol–water partition coefficient (Wildman–Crippen LogP) is 6.28. The standard InChI is InChI=1S/C14H37ClN3PSi2/c1-12-17(13-2)19(15,16-14(3,4)5)18(20(6,7)8)21(9,10)11/h12-13H2,1-11H3. The number of rotatable bonds is 6. The van der Waals surface area contributed by atoms with Crippen LogP contribution in [0.1, 0.15) is 34.6 Å². The zero-order valence-electron chi connectivity index (χ0n) is 16.1. The van der Waals surface area contributed by atoms with E-state index in [2.05, 4.69) is 82.6 Å². The molecule has 21 heavy (non-hydrogen) atoms. The minimum atomic E-state index is -2.17. The monoisotopic (exact) mass is 369 g/mol. The number of hydrogen-bond donors (Lipinski definition) is 0. The summed E-state index contributed by atoms with van der Waals surface area (Å²) in [5.74, 6) is 0. The van der Waals surface area contributed by atoms with Crippen LogP contribution in [0.4, 0.5) is 0 Å². The second-order valence-corrected chi connectivity index (χ2v) is 22.9. The Kier molecular flexibility index (Phi) is 7.48. The van der Waals surface area contributed by atoms with Crippen LogP contribution in [0.5, 0.6) is 0 Å². The molecular weight excluding hydrogens is 333 g/mol. The molecule has 1 atom stereocenters. The summed E-state index contributed by atoms with van der Waals surface area (Å²) >= 11 is 7.39. The van der Waals surface area contributed by atoms with Crippen LogP contribution < -0.4 is 0 Å². The van der Waals surface area contributed by atoms with Crippen LogP contribution in [-0.2, 0) is 0 Å². The van der Waals surface area contributed by atoms with Gasteiger partial charge in [-0.2, -0.15) is 0 Å². The number of halogens is 1. The van der Waals surface area contributed by atoms with Crippen molar-refractivity contribution in [1.82, 2.24) is 8.67 Å². The van der Waals surface area contributed by atoms with Crippen molar-refractivity contribution in [2.75, 3.05) is 13.1 Å². The molecule has 3 nitrogen and oxygen atoms in total. The van der Waals surface area contributed by atoms with E-state index < -0.39 is 23.2 Å². The third-order valence-corrected chi connectivity index (χ3v) is 19.6. The van der Waals surface area contributed by atoms with E-state index >= 15 is 0 Å². The van der Waals surface area contributed by atoms with Crippen molar-refractivity contribution in [3.63, 3.8) is 0 Å². The molecule has 0 N–H and O–H groups in total. The molecule has 0 saturated heterocycles. The second-order valence-electron chi connectivity index (χ2n) is 8.56. The average molecular weight is 370 g/mol. The predicted molar refractivity (Wildman–Crippen MR) is 106 cm³/mol. The van der Waals surface area contributed by atoms with E-state index in [1.54, 1.807) is 0 Å². The summed E-state index contributed by atoms with van der Waals surface area (Å²) in [5, 5.41) is 0. The topological polar surface area (TPSA) is 18.8 Å². The molecule has 128 valence electrons. The van der Waals surface area contributed by atoms with Crippen molar-refractivity contribution in [2.24, 2.45) is 4.74 Å². The fraction of sp³-hybridized carbons (Fsp3) is 1.00. The minimum absolute atomic E-state index is 0.115. The van der Waals surface area contributed by atoms with Crippen molar-refractivity contribution < 1.29 is 0 Å². The molecule has 7 heteroatoms. The first-order chi connectivity index (χ1) is 9.09. The Bertz CT molecular complexity index is 376. The second kappa shape index (κ2) is 7.19. The molecule has 0 spiro atoms. The number of hydrogen-bond acceptors (Lipinski definition) is 1. The van der Waals surface area contributed by atoms with Crippen molar-refractivity contribution in [2.45, 2.75) is 79.4 Å². The van der Waals surface area contributed by atoms with Gasteiger partial charge in [0.2, 0.25) is 0 Å². The molecule has 0 aliphatic carbocycles. The van der Waals surface area contributed by atoms with E-state index in [-0.39, 0.29) is 5.54 Å².